The number of aromatic nitrogens is 2. The van der Waals surface area contributed by atoms with E-state index in [0.717, 1.165) is 16.9 Å². The smallest absolute Gasteiger partial charge is 0.376 e. The van der Waals surface area contributed by atoms with Crippen molar-refractivity contribution >= 4 is 19.1 Å². The molecule has 0 saturated carbocycles. The van der Waals surface area contributed by atoms with E-state index in [0.29, 0.717) is 22.9 Å². The molecular formula is C20H22N3O4P. The maximum Gasteiger partial charge on any atom is 0.376 e. The number of aryl methyl sites for hydroxylation is 1. The number of para-hydroxylation sites is 1. The number of rotatable bonds is 7. The molecule has 8 heteroatoms. The third kappa shape index (κ3) is 4.68. The maximum atomic E-state index is 11.9. The first-order valence-electron chi connectivity index (χ1n) is 8.76. The Morgan fingerprint density at radius 2 is 1.89 bits per heavy atom. The first-order chi connectivity index (χ1) is 13.4. The van der Waals surface area contributed by atoms with Crippen LogP contribution in [0.15, 0.2) is 54.9 Å². The topological polar surface area (TPSA) is 93.6 Å². The lowest BCUT2D eigenvalue weighted by molar-refractivity contribution is 0.380. The molecule has 1 atom stereocenters. The molecule has 2 aromatic carbocycles. The van der Waals surface area contributed by atoms with Crippen molar-refractivity contribution in [2.75, 3.05) is 18.6 Å². The van der Waals surface area contributed by atoms with Crippen molar-refractivity contribution in [3.63, 3.8) is 0 Å². The predicted molar refractivity (Wildman–Crippen MR) is 109 cm³/mol. The zero-order valence-corrected chi connectivity index (χ0v) is 16.8. The van der Waals surface area contributed by atoms with Gasteiger partial charge in [0, 0.05) is 23.4 Å². The molecule has 3 aromatic rings. The van der Waals surface area contributed by atoms with Gasteiger partial charge in [-0.05, 0) is 30.7 Å². The van der Waals surface area contributed by atoms with E-state index < -0.39 is 7.60 Å². The number of nitrogens with zero attached hydrogens (tertiary/aromatic N) is 2. The zero-order valence-electron chi connectivity index (χ0n) is 15.9. The molecule has 0 fully saturated rings. The number of anilines is 2. The second-order valence-corrected chi connectivity index (χ2v) is 8.23. The summed E-state index contributed by atoms with van der Waals surface area (Å²) in [6.45, 7) is 3.43. The molecule has 1 aromatic heterocycles. The normalized spacial score (nSPS) is 12.9. The van der Waals surface area contributed by atoms with Crippen LogP contribution in [0.4, 0.5) is 11.5 Å². The average Bonchev–Trinajstić information content (AvgIpc) is 2.70. The molecule has 146 valence electrons. The summed E-state index contributed by atoms with van der Waals surface area (Å²) in [5.74, 6) is 1.65. The molecule has 0 saturated heterocycles. The Morgan fingerprint density at radius 3 is 2.64 bits per heavy atom. The highest BCUT2D eigenvalue weighted by molar-refractivity contribution is 7.53. The SMILES string of the molecule is CCP(=O)(O)Oc1cc(Nc2cc(-c3ccccc3OC)ncn2)ccc1C. The highest BCUT2D eigenvalue weighted by Crippen LogP contribution is 2.43. The quantitative estimate of drug-likeness (QED) is 0.552. The average molecular weight is 399 g/mol. The summed E-state index contributed by atoms with van der Waals surface area (Å²) in [4.78, 5) is 18.3. The van der Waals surface area contributed by atoms with Gasteiger partial charge >= 0.3 is 7.60 Å². The van der Waals surface area contributed by atoms with Gasteiger partial charge in [-0.1, -0.05) is 25.1 Å². The van der Waals surface area contributed by atoms with E-state index in [4.69, 9.17) is 9.26 Å². The molecule has 0 bridgehead atoms. The number of hydrogen-bond donors (Lipinski definition) is 2. The van der Waals surface area contributed by atoms with Crippen molar-refractivity contribution in [2.24, 2.45) is 0 Å². The summed E-state index contributed by atoms with van der Waals surface area (Å²) < 4.78 is 22.6. The van der Waals surface area contributed by atoms with E-state index in [1.807, 2.05) is 43.3 Å². The number of nitrogens with one attached hydrogen (secondary N) is 1. The Bertz CT molecular complexity index is 1030. The fourth-order valence-electron chi connectivity index (χ4n) is 2.57. The van der Waals surface area contributed by atoms with Gasteiger partial charge in [0.1, 0.15) is 23.6 Å². The molecule has 0 aliphatic heterocycles. The molecule has 0 spiro atoms. The fraction of sp³-hybridized carbons (Fsp3) is 0.200. The van der Waals surface area contributed by atoms with Crippen molar-refractivity contribution in [1.82, 2.24) is 9.97 Å². The molecule has 0 aliphatic carbocycles. The fourth-order valence-corrected chi connectivity index (χ4v) is 3.20. The van der Waals surface area contributed by atoms with Crippen LogP contribution in [0.3, 0.4) is 0 Å². The Balaban J connectivity index is 1.88. The van der Waals surface area contributed by atoms with E-state index in [9.17, 15) is 9.46 Å². The first-order valence-corrected chi connectivity index (χ1v) is 10.5. The Morgan fingerprint density at radius 1 is 1.11 bits per heavy atom. The molecule has 1 unspecified atom stereocenters. The van der Waals surface area contributed by atoms with Gasteiger partial charge < -0.3 is 19.5 Å². The molecule has 7 nitrogen and oxygen atoms in total. The van der Waals surface area contributed by atoms with Crippen molar-refractivity contribution < 1.29 is 18.7 Å². The highest BCUT2D eigenvalue weighted by Gasteiger charge is 2.19. The van der Waals surface area contributed by atoms with Gasteiger partial charge in [0.2, 0.25) is 0 Å². The molecule has 2 N–H and O–H groups in total. The lowest BCUT2D eigenvalue weighted by atomic mass is 10.1. The van der Waals surface area contributed by atoms with E-state index in [2.05, 4.69) is 15.3 Å². The third-order valence-electron chi connectivity index (χ3n) is 4.15. The summed E-state index contributed by atoms with van der Waals surface area (Å²) in [5, 5.41) is 3.18. The van der Waals surface area contributed by atoms with E-state index in [-0.39, 0.29) is 6.16 Å². The van der Waals surface area contributed by atoms with Crippen LogP contribution in [-0.4, -0.2) is 28.1 Å². The van der Waals surface area contributed by atoms with Crippen LogP contribution in [-0.2, 0) is 4.57 Å². The Labute approximate surface area is 163 Å². The maximum absolute atomic E-state index is 11.9. The van der Waals surface area contributed by atoms with Gasteiger partial charge in [-0.2, -0.15) is 0 Å². The molecule has 3 rings (SSSR count). The largest absolute Gasteiger partial charge is 0.496 e. The summed E-state index contributed by atoms with van der Waals surface area (Å²) in [6, 6.07) is 14.8. The van der Waals surface area contributed by atoms with Gasteiger partial charge in [0.15, 0.2) is 0 Å². The molecule has 0 radical (unpaired) electrons. The highest BCUT2D eigenvalue weighted by atomic mass is 31.2. The van der Waals surface area contributed by atoms with Gasteiger partial charge in [-0.3, -0.25) is 0 Å². The summed E-state index contributed by atoms with van der Waals surface area (Å²) in [6.07, 6.45) is 1.51. The van der Waals surface area contributed by atoms with E-state index >= 15 is 0 Å². The van der Waals surface area contributed by atoms with Crippen molar-refractivity contribution in [1.29, 1.82) is 0 Å². The molecule has 0 amide bonds. The van der Waals surface area contributed by atoms with Crippen molar-refractivity contribution in [3.05, 3.63) is 60.4 Å². The first kappa shape index (κ1) is 19.9. The summed E-state index contributed by atoms with van der Waals surface area (Å²) in [7, 11) is -2.03. The van der Waals surface area contributed by atoms with Gasteiger partial charge in [-0.25, -0.2) is 14.5 Å². The minimum absolute atomic E-state index is 0.0400. The van der Waals surface area contributed by atoms with Crippen molar-refractivity contribution in [2.45, 2.75) is 13.8 Å². The lowest BCUT2D eigenvalue weighted by Gasteiger charge is -2.15. The molecular weight excluding hydrogens is 377 g/mol. The zero-order chi connectivity index (χ0) is 20.1. The van der Waals surface area contributed by atoms with E-state index in [1.54, 1.807) is 26.2 Å². The number of ether oxygens (including phenoxy) is 1. The standard InChI is InChI=1S/C20H22N3O4P/c1-4-28(24,25)27-19-11-15(10-9-14(19)2)23-20-12-17(21-13-22-20)16-7-5-6-8-18(16)26-3/h5-13H,4H2,1-3H3,(H,24,25)(H,21,22,23). The minimum Gasteiger partial charge on any atom is -0.496 e. The second-order valence-electron chi connectivity index (χ2n) is 6.14. The van der Waals surface area contributed by atoms with Crippen LogP contribution in [0.1, 0.15) is 12.5 Å². The number of methoxy groups -OCH3 is 1. The minimum atomic E-state index is -3.65. The number of hydrogen-bond acceptors (Lipinski definition) is 6. The Hall–Kier alpha value is -2.89. The second kappa shape index (κ2) is 8.42. The predicted octanol–water partition coefficient (Wildman–Crippen LogP) is 4.79. The van der Waals surface area contributed by atoms with Gasteiger partial charge in [0.05, 0.1) is 19.0 Å². The van der Waals surface area contributed by atoms with Crippen LogP contribution in [0.5, 0.6) is 11.5 Å². The van der Waals surface area contributed by atoms with Gasteiger partial charge in [-0.15, -0.1) is 0 Å². The van der Waals surface area contributed by atoms with E-state index in [1.165, 1.54) is 6.33 Å². The van der Waals surface area contributed by atoms with Crippen molar-refractivity contribution in [3.8, 4) is 22.8 Å². The summed E-state index contributed by atoms with van der Waals surface area (Å²) in [5.41, 5.74) is 3.02. The van der Waals surface area contributed by atoms with Crippen LogP contribution < -0.4 is 14.6 Å². The monoisotopic (exact) mass is 399 g/mol. The molecule has 0 aliphatic rings. The van der Waals surface area contributed by atoms with Crippen LogP contribution in [0.2, 0.25) is 0 Å². The molecule has 28 heavy (non-hydrogen) atoms. The van der Waals surface area contributed by atoms with Crippen LogP contribution >= 0.6 is 7.60 Å². The Kier molecular flexibility index (Phi) is 5.97. The van der Waals surface area contributed by atoms with Crippen LogP contribution in [0.25, 0.3) is 11.3 Å². The summed E-state index contributed by atoms with van der Waals surface area (Å²) >= 11 is 0. The lowest BCUT2D eigenvalue weighted by Crippen LogP contribution is -1.99. The van der Waals surface area contributed by atoms with Crippen LogP contribution in [0, 0.1) is 6.92 Å². The van der Waals surface area contributed by atoms with Gasteiger partial charge in [0.25, 0.3) is 0 Å². The third-order valence-corrected chi connectivity index (χ3v) is 5.43. The number of benzene rings is 2. The molecule has 1 heterocycles.